The van der Waals surface area contributed by atoms with Crippen LogP contribution in [0, 0.1) is 16.2 Å². The molecule has 0 saturated carbocycles. The van der Waals surface area contributed by atoms with Crippen molar-refractivity contribution in [3.63, 3.8) is 0 Å². The van der Waals surface area contributed by atoms with Crippen molar-refractivity contribution in [2.45, 2.75) is 12.4 Å². The smallest absolute Gasteiger partial charge is 0.457 e. The van der Waals surface area contributed by atoms with Gasteiger partial charge < -0.3 is 20.1 Å². The van der Waals surface area contributed by atoms with E-state index in [1.54, 1.807) is 0 Å². The maximum absolute atomic E-state index is 13.9. The summed E-state index contributed by atoms with van der Waals surface area (Å²) in [5, 5.41) is 16.2. The molecule has 0 saturated heterocycles. The van der Waals surface area contributed by atoms with Gasteiger partial charge >= 0.3 is 18.4 Å². The minimum Gasteiger partial charge on any atom is -0.457 e. The number of halogens is 4. The van der Waals surface area contributed by atoms with E-state index in [9.17, 15) is 27.3 Å². The fraction of sp³-hybridized carbons (Fsp3) is 0.0952. The van der Waals surface area contributed by atoms with Crippen LogP contribution in [0.25, 0.3) is 0 Å². The molecule has 0 radical (unpaired) electrons. The van der Waals surface area contributed by atoms with Crippen LogP contribution in [0.5, 0.6) is 17.2 Å². The molecule has 10 nitrogen and oxygen atoms in total. The number of alkyl halides is 4. The molecule has 3 aromatic rings. The van der Waals surface area contributed by atoms with Crippen LogP contribution >= 0.6 is 0 Å². The quantitative estimate of drug-likeness (QED) is 0.342. The summed E-state index contributed by atoms with van der Waals surface area (Å²) in [7, 11) is 0. The van der Waals surface area contributed by atoms with Gasteiger partial charge in [-0.2, -0.15) is 14.0 Å². The first-order valence-electron chi connectivity index (χ1n) is 9.47. The van der Waals surface area contributed by atoms with Gasteiger partial charge in [-0.15, -0.1) is 13.7 Å². The number of fused-ring (bicyclic) bond motifs is 1. The monoisotopic (exact) mass is 489 g/mol. The highest BCUT2D eigenvalue weighted by Gasteiger charge is 2.54. The molecule has 0 unspecified atom stereocenters. The lowest BCUT2D eigenvalue weighted by molar-refractivity contribution is -0.461. The number of anilines is 2. The first-order chi connectivity index (χ1) is 16.6. The van der Waals surface area contributed by atoms with Crippen LogP contribution in [0.1, 0.15) is 11.3 Å². The molecule has 4 rings (SSSR count). The third kappa shape index (κ3) is 5.25. The lowest BCUT2D eigenvalue weighted by Gasteiger charge is -2.30. The summed E-state index contributed by atoms with van der Waals surface area (Å²) in [5.74, 6) is -0.396. The van der Waals surface area contributed by atoms with E-state index in [1.165, 1.54) is 36.5 Å². The molecule has 2 amide bonds. The van der Waals surface area contributed by atoms with Gasteiger partial charge in [0.2, 0.25) is 0 Å². The molecule has 178 valence electrons. The van der Waals surface area contributed by atoms with Crippen LogP contribution in [0.15, 0.2) is 59.9 Å². The average Bonchev–Trinajstić information content (AvgIpc) is 2.79. The normalized spacial score (nSPS) is 15.1. The molecule has 1 aliphatic rings. The Morgan fingerprint density at radius 2 is 1.83 bits per heavy atom. The second-order valence-corrected chi connectivity index (χ2v) is 6.84. The number of carbonyl (C=O) groups is 1. The van der Waals surface area contributed by atoms with Crippen molar-refractivity contribution in [1.29, 1.82) is 5.26 Å². The van der Waals surface area contributed by atoms with Crippen molar-refractivity contribution < 1.29 is 36.6 Å². The largest absolute Gasteiger partial charge is 0.540 e. The van der Waals surface area contributed by atoms with E-state index in [-0.39, 0.29) is 34.3 Å². The average molecular weight is 489 g/mol. The lowest BCUT2D eigenvalue weighted by Crippen LogP contribution is -2.41. The third-order valence-corrected chi connectivity index (χ3v) is 4.42. The van der Waals surface area contributed by atoms with Crippen molar-refractivity contribution in [2.24, 2.45) is 5.18 Å². The van der Waals surface area contributed by atoms with Gasteiger partial charge in [-0.25, -0.2) is 14.5 Å². The van der Waals surface area contributed by atoms with Crippen LogP contribution in [0.2, 0.25) is 0 Å². The van der Waals surface area contributed by atoms with Crippen LogP contribution in [0.3, 0.4) is 0 Å². The fourth-order valence-corrected chi connectivity index (χ4v) is 2.99. The summed E-state index contributed by atoms with van der Waals surface area (Å²) < 4.78 is 67.0. The van der Waals surface area contributed by atoms with E-state index in [4.69, 9.17) is 10.00 Å². The highest BCUT2D eigenvalue weighted by Crippen LogP contribution is 2.47. The Morgan fingerprint density at radius 1 is 1.06 bits per heavy atom. The summed E-state index contributed by atoms with van der Waals surface area (Å²) in [4.78, 5) is 27.4. The molecule has 1 aliphatic heterocycles. The van der Waals surface area contributed by atoms with Crippen molar-refractivity contribution in [1.82, 2.24) is 4.98 Å². The van der Waals surface area contributed by atoms with Crippen LogP contribution in [0.4, 0.5) is 39.4 Å². The number of pyridine rings is 1. The molecule has 35 heavy (non-hydrogen) atoms. The molecular formula is C21H11F4N5O5. The van der Waals surface area contributed by atoms with E-state index in [1.807, 2.05) is 6.07 Å². The van der Waals surface area contributed by atoms with Gasteiger partial charge in [0.05, 0.1) is 11.3 Å². The van der Waals surface area contributed by atoms with Gasteiger partial charge in [0.15, 0.2) is 0 Å². The molecule has 0 aliphatic carbocycles. The van der Waals surface area contributed by atoms with Crippen LogP contribution in [-0.2, 0) is 10.8 Å². The molecule has 2 N–H and O–H groups in total. The number of ether oxygens (including phenoxy) is 3. The second kappa shape index (κ2) is 8.88. The Kier molecular flexibility index (Phi) is 5.93. The molecule has 2 heterocycles. The van der Waals surface area contributed by atoms with Gasteiger partial charge in [-0.05, 0) is 41.6 Å². The van der Waals surface area contributed by atoms with E-state index >= 15 is 0 Å². The minimum absolute atomic E-state index is 0.0492. The Labute approximate surface area is 193 Å². The van der Waals surface area contributed by atoms with Gasteiger partial charge in [-0.1, -0.05) is 0 Å². The summed E-state index contributed by atoms with van der Waals surface area (Å²) in [6.45, 7) is 0. The van der Waals surface area contributed by atoms with Gasteiger partial charge in [0.25, 0.3) is 0 Å². The standard InChI is InChI=1S/C21H11F4N5O5/c22-20(23)15-8-11(1-4-18(15)34-21(24,25)35-20)28-19(31)29-16-3-2-13(9-17(16)30-32)33-14-5-6-27-12(7-14)10-26/h1-9H,(H2,28,29,31). The molecule has 0 atom stereocenters. The number of carbonyl (C=O) groups excluding carboxylic acids is 1. The number of nitrogens with zero attached hydrogens (tertiary/aromatic N) is 3. The Hall–Kier alpha value is -4.77. The number of rotatable bonds is 5. The number of urea groups is 1. The highest BCUT2D eigenvalue weighted by atomic mass is 19.3. The van der Waals surface area contributed by atoms with E-state index in [2.05, 4.69) is 30.3 Å². The predicted octanol–water partition coefficient (Wildman–Crippen LogP) is 5.80. The zero-order chi connectivity index (χ0) is 25.2. The Bertz CT molecular complexity index is 1360. The number of nitriles is 1. The molecule has 0 spiro atoms. The van der Waals surface area contributed by atoms with Crippen molar-refractivity contribution >= 4 is 23.1 Å². The first kappa shape index (κ1) is 23.4. The Morgan fingerprint density at radius 3 is 2.57 bits per heavy atom. The second-order valence-electron chi connectivity index (χ2n) is 6.84. The number of aromatic nitrogens is 1. The van der Waals surface area contributed by atoms with E-state index in [0.717, 1.165) is 12.1 Å². The number of hydrogen-bond donors (Lipinski definition) is 2. The van der Waals surface area contributed by atoms with Crippen LogP contribution < -0.4 is 20.1 Å². The zero-order valence-corrected chi connectivity index (χ0v) is 17.1. The summed E-state index contributed by atoms with van der Waals surface area (Å²) in [5.41, 5.74) is -1.39. The van der Waals surface area contributed by atoms with E-state index < -0.39 is 29.7 Å². The highest BCUT2D eigenvalue weighted by molar-refractivity contribution is 6.01. The van der Waals surface area contributed by atoms with E-state index in [0.29, 0.717) is 6.07 Å². The molecular weight excluding hydrogens is 478 g/mol. The van der Waals surface area contributed by atoms with Gasteiger partial charge in [-0.3, -0.25) is 0 Å². The fourth-order valence-electron chi connectivity index (χ4n) is 2.99. The minimum atomic E-state index is -4.52. The Balaban J connectivity index is 1.47. The van der Waals surface area contributed by atoms with Gasteiger partial charge in [0, 0.05) is 24.0 Å². The number of hydrogen-bond acceptors (Lipinski definition) is 8. The number of nitrogens with one attached hydrogen (secondary N) is 2. The summed E-state index contributed by atoms with van der Waals surface area (Å²) in [6.07, 6.45) is -7.54. The first-order valence-corrected chi connectivity index (χ1v) is 9.47. The number of nitroso groups, excluding NO2 is 1. The predicted molar refractivity (Wildman–Crippen MR) is 111 cm³/mol. The topological polar surface area (TPSA) is 135 Å². The summed E-state index contributed by atoms with van der Waals surface area (Å²) >= 11 is 0. The lowest BCUT2D eigenvalue weighted by atomic mass is 10.1. The number of amides is 2. The maximum atomic E-state index is 13.9. The molecule has 2 aromatic carbocycles. The molecule has 1 aromatic heterocycles. The van der Waals surface area contributed by atoms with Crippen molar-refractivity contribution in [2.75, 3.05) is 10.6 Å². The third-order valence-electron chi connectivity index (χ3n) is 4.42. The maximum Gasteiger partial charge on any atom is 0.540 e. The van der Waals surface area contributed by atoms with Gasteiger partial charge in [0.1, 0.15) is 34.7 Å². The van der Waals surface area contributed by atoms with Crippen molar-refractivity contribution in [3.8, 4) is 23.3 Å². The molecule has 0 fully saturated rings. The van der Waals surface area contributed by atoms with Crippen LogP contribution in [-0.4, -0.2) is 17.3 Å². The zero-order valence-electron chi connectivity index (χ0n) is 17.1. The molecule has 0 bridgehead atoms. The van der Waals surface area contributed by atoms with Crippen molar-refractivity contribution in [3.05, 3.63) is 70.9 Å². The SMILES string of the molecule is N#Cc1cc(Oc2ccc(NC(=O)Nc3ccc4c(c3)C(F)(F)OC(F)(F)O4)c(N=O)c2)ccn1. The number of benzene rings is 2. The summed E-state index contributed by atoms with van der Waals surface area (Å²) in [6, 6.07) is 10.2. The molecule has 14 heteroatoms.